The van der Waals surface area contributed by atoms with Crippen molar-refractivity contribution < 1.29 is 4.92 Å². The van der Waals surface area contributed by atoms with Crippen molar-refractivity contribution in [3.63, 3.8) is 0 Å². The minimum atomic E-state index is -0.517. The third-order valence-corrected chi connectivity index (χ3v) is 3.48. The lowest BCUT2D eigenvalue weighted by atomic mass is 10.00. The van der Waals surface area contributed by atoms with Crippen LogP contribution in [0.3, 0.4) is 0 Å². The highest BCUT2D eigenvalue weighted by molar-refractivity contribution is 5.52. The van der Waals surface area contributed by atoms with E-state index in [1.54, 1.807) is 0 Å². The van der Waals surface area contributed by atoms with Gasteiger partial charge in [0, 0.05) is 0 Å². The Kier molecular flexibility index (Phi) is 4.26. The number of aromatic nitrogens is 2. The van der Waals surface area contributed by atoms with Crippen LogP contribution < -0.4 is 5.73 Å². The molecule has 6 heteroatoms. The summed E-state index contributed by atoms with van der Waals surface area (Å²) >= 11 is 0. The van der Waals surface area contributed by atoms with Crippen LogP contribution in [-0.4, -0.2) is 14.7 Å². The van der Waals surface area contributed by atoms with E-state index in [-0.39, 0.29) is 17.5 Å². The van der Waals surface area contributed by atoms with E-state index in [1.165, 1.54) is 16.4 Å². The molecular weight excluding hydrogens is 268 g/mol. The van der Waals surface area contributed by atoms with Gasteiger partial charge in [0.05, 0.1) is 11.0 Å². The molecule has 0 amide bonds. The molecule has 6 nitrogen and oxygen atoms in total. The number of anilines is 1. The monoisotopic (exact) mass is 288 g/mol. The summed E-state index contributed by atoms with van der Waals surface area (Å²) in [6.07, 6.45) is 2.23. The molecule has 2 aromatic rings. The quantitative estimate of drug-likeness (QED) is 0.676. The minimum absolute atomic E-state index is 0.0822. The summed E-state index contributed by atoms with van der Waals surface area (Å²) in [7, 11) is 0. The first-order valence-corrected chi connectivity index (χ1v) is 6.96. The normalized spacial score (nSPS) is 12.6. The van der Waals surface area contributed by atoms with Crippen molar-refractivity contribution in [2.75, 3.05) is 5.73 Å². The number of nitrogen functional groups attached to an aromatic ring is 1. The Bertz CT molecular complexity index is 632. The Balaban J connectivity index is 2.24. The van der Waals surface area contributed by atoms with Crippen molar-refractivity contribution >= 4 is 11.5 Å². The summed E-state index contributed by atoms with van der Waals surface area (Å²) < 4.78 is 1.48. The highest BCUT2D eigenvalue weighted by Crippen LogP contribution is 2.27. The molecule has 0 aliphatic carbocycles. The first kappa shape index (κ1) is 15.0. The molecule has 1 unspecified atom stereocenters. The van der Waals surface area contributed by atoms with Crippen molar-refractivity contribution in [3.05, 3.63) is 51.7 Å². The van der Waals surface area contributed by atoms with Crippen molar-refractivity contribution in [2.45, 2.75) is 33.2 Å². The van der Waals surface area contributed by atoms with Gasteiger partial charge in [0.1, 0.15) is 6.20 Å². The molecule has 21 heavy (non-hydrogen) atoms. The van der Waals surface area contributed by atoms with Gasteiger partial charge < -0.3 is 5.73 Å². The molecular formula is C15H20N4O2. The van der Waals surface area contributed by atoms with Crippen molar-refractivity contribution in [1.29, 1.82) is 0 Å². The van der Waals surface area contributed by atoms with Crippen LogP contribution in [0.15, 0.2) is 30.5 Å². The maximum Gasteiger partial charge on any atom is 0.330 e. The van der Waals surface area contributed by atoms with Gasteiger partial charge in [-0.2, -0.15) is 5.10 Å². The molecule has 0 saturated heterocycles. The van der Waals surface area contributed by atoms with Gasteiger partial charge in [0.15, 0.2) is 0 Å². The molecule has 0 bridgehead atoms. The number of nitrogens with two attached hydrogens (primary N) is 1. The smallest absolute Gasteiger partial charge is 0.330 e. The van der Waals surface area contributed by atoms with Crippen LogP contribution in [0.2, 0.25) is 0 Å². The summed E-state index contributed by atoms with van der Waals surface area (Å²) in [5.74, 6) is 0.691. The van der Waals surface area contributed by atoms with Crippen molar-refractivity contribution in [1.82, 2.24) is 9.78 Å². The lowest BCUT2D eigenvalue weighted by Crippen LogP contribution is -2.12. The zero-order chi connectivity index (χ0) is 15.6. The SMILES string of the molecule is CC(C)Cc1ccc(C(C)n2ncc([N+](=O)[O-])c2N)cc1. The second-order valence-corrected chi connectivity index (χ2v) is 5.63. The third kappa shape index (κ3) is 3.21. The van der Waals surface area contributed by atoms with Crippen LogP contribution in [-0.2, 0) is 6.42 Å². The molecule has 0 spiro atoms. The van der Waals surface area contributed by atoms with E-state index < -0.39 is 4.92 Å². The highest BCUT2D eigenvalue weighted by Gasteiger charge is 2.21. The molecule has 1 atom stereocenters. The molecule has 0 aliphatic rings. The number of rotatable bonds is 5. The first-order valence-electron chi connectivity index (χ1n) is 6.96. The van der Waals surface area contributed by atoms with E-state index >= 15 is 0 Å². The number of benzene rings is 1. The van der Waals surface area contributed by atoms with E-state index in [9.17, 15) is 10.1 Å². The first-order chi connectivity index (χ1) is 9.90. The average molecular weight is 288 g/mol. The summed E-state index contributed by atoms with van der Waals surface area (Å²) in [5.41, 5.74) is 7.94. The standard InChI is InChI=1S/C15H20N4O2/c1-10(2)8-12-4-6-13(7-5-12)11(3)18-15(16)14(9-17-18)19(20)21/h4-7,9-11H,8,16H2,1-3H3. The number of nitrogens with zero attached hydrogens (tertiary/aromatic N) is 3. The zero-order valence-corrected chi connectivity index (χ0v) is 12.5. The Morgan fingerprint density at radius 3 is 2.38 bits per heavy atom. The van der Waals surface area contributed by atoms with Crippen molar-refractivity contribution in [3.8, 4) is 0 Å². The van der Waals surface area contributed by atoms with Gasteiger partial charge in [-0.1, -0.05) is 38.1 Å². The number of hydrogen-bond donors (Lipinski definition) is 1. The second kappa shape index (κ2) is 5.95. The Hall–Kier alpha value is -2.37. The number of nitro groups is 1. The van der Waals surface area contributed by atoms with E-state index in [0.717, 1.165) is 12.0 Å². The van der Waals surface area contributed by atoms with Gasteiger partial charge in [0.2, 0.25) is 5.82 Å². The lowest BCUT2D eigenvalue weighted by molar-refractivity contribution is -0.384. The summed E-state index contributed by atoms with van der Waals surface area (Å²) in [5, 5.41) is 14.8. The van der Waals surface area contributed by atoms with Crippen molar-refractivity contribution in [2.24, 2.45) is 5.92 Å². The number of hydrogen-bond acceptors (Lipinski definition) is 4. The third-order valence-electron chi connectivity index (χ3n) is 3.48. The van der Waals surface area contributed by atoms with Gasteiger partial charge in [0.25, 0.3) is 0 Å². The molecule has 1 aromatic carbocycles. The molecule has 1 aromatic heterocycles. The molecule has 0 radical (unpaired) electrons. The van der Waals surface area contributed by atoms with Crippen LogP contribution in [0.4, 0.5) is 11.5 Å². The molecule has 1 heterocycles. The molecule has 2 rings (SSSR count). The van der Waals surface area contributed by atoms with Crippen LogP contribution in [0.5, 0.6) is 0 Å². The predicted octanol–water partition coefficient (Wildman–Crippen LogP) is 3.18. The van der Waals surface area contributed by atoms with Gasteiger partial charge in [-0.25, -0.2) is 4.68 Å². The molecule has 112 valence electrons. The Morgan fingerprint density at radius 2 is 1.90 bits per heavy atom. The van der Waals surface area contributed by atoms with Gasteiger partial charge >= 0.3 is 5.69 Å². The highest BCUT2D eigenvalue weighted by atomic mass is 16.6. The molecule has 0 fully saturated rings. The fourth-order valence-corrected chi connectivity index (χ4v) is 2.36. The molecule has 0 aliphatic heterocycles. The fourth-order valence-electron chi connectivity index (χ4n) is 2.36. The van der Waals surface area contributed by atoms with Gasteiger partial charge in [-0.05, 0) is 30.4 Å². The van der Waals surface area contributed by atoms with Crippen LogP contribution in [0.1, 0.15) is 37.9 Å². The largest absolute Gasteiger partial charge is 0.378 e. The molecule has 2 N–H and O–H groups in total. The van der Waals surface area contributed by atoms with E-state index in [0.29, 0.717) is 5.92 Å². The molecule has 0 saturated carbocycles. The topological polar surface area (TPSA) is 87.0 Å². The van der Waals surface area contributed by atoms with E-state index in [1.807, 2.05) is 19.1 Å². The zero-order valence-electron chi connectivity index (χ0n) is 12.5. The summed E-state index contributed by atoms with van der Waals surface area (Å²) in [6, 6.07) is 8.07. The van der Waals surface area contributed by atoms with Gasteiger partial charge in [-0.15, -0.1) is 0 Å². The van der Waals surface area contributed by atoms with Gasteiger partial charge in [-0.3, -0.25) is 10.1 Å². The van der Waals surface area contributed by atoms with E-state index in [4.69, 9.17) is 5.73 Å². The minimum Gasteiger partial charge on any atom is -0.378 e. The van der Waals surface area contributed by atoms with Crippen LogP contribution in [0, 0.1) is 16.0 Å². The Morgan fingerprint density at radius 1 is 1.29 bits per heavy atom. The van der Waals surface area contributed by atoms with E-state index in [2.05, 4.69) is 31.1 Å². The fraction of sp³-hybridized carbons (Fsp3) is 0.400. The lowest BCUT2D eigenvalue weighted by Gasteiger charge is -2.14. The summed E-state index contributed by atoms with van der Waals surface area (Å²) in [4.78, 5) is 10.3. The second-order valence-electron chi connectivity index (χ2n) is 5.63. The van der Waals surface area contributed by atoms with Crippen LogP contribution in [0.25, 0.3) is 0 Å². The summed E-state index contributed by atoms with van der Waals surface area (Å²) in [6.45, 7) is 6.28. The van der Waals surface area contributed by atoms with Crippen LogP contribution >= 0.6 is 0 Å². The maximum atomic E-state index is 10.8. The average Bonchev–Trinajstić information content (AvgIpc) is 2.80. The maximum absolute atomic E-state index is 10.8. The Labute approximate surface area is 123 Å². The predicted molar refractivity (Wildman–Crippen MR) is 82.1 cm³/mol.